The minimum atomic E-state index is -0.475. The molecule has 0 aliphatic heterocycles. The predicted molar refractivity (Wildman–Crippen MR) is 317 cm³/mol. The Morgan fingerprint density at radius 2 is 0.750 bits per heavy atom. The maximum atomic E-state index is 2.48. The van der Waals surface area contributed by atoms with Gasteiger partial charge in [0, 0.05) is 16.8 Å². The van der Waals surface area contributed by atoms with Crippen molar-refractivity contribution in [2.75, 3.05) is 4.90 Å². The van der Waals surface area contributed by atoms with Crippen molar-refractivity contribution in [1.82, 2.24) is 0 Å². The lowest BCUT2D eigenvalue weighted by Gasteiger charge is -2.35. The minimum Gasteiger partial charge on any atom is -0.310 e. The van der Waals surface area contributed by atoms with E-state index in [2.05, 4.69) is 263 Å². The molecule has 1 aliphatic rings. The molecule has 12 rings (SSSR count). The van der Waals surface area contributed by atoms with E-state index in [9.17, 15) is 0 Å². The normalized spacial score (nSPS) is 11.3. The van der Waals surface area contributed by atoms with Crippen molar-refractivity contribution in [2.45, 2.75) is 74.7 Å². The minimum absolute atomic E-state index is 0.475. The molecule has 0 fully saturated rings. The van der Waals surface area contributed by atoms with Crippen LogP contribution in [0.4, 0.5) is 17.1 Å². The Morgan fingerprint density at radius 3 is 1.28 bits per heavy atom. The van der Waals surface area contributed by atoms with Gasteiger partial charge in [0.2, 0.25) is 0 Å². The van der Waals surface area contributed by atoms with Crippen LogP contribution in [0.25, 0.3) is 43.4 Å². The number of hydrogen-bond acceptors (Lipinski definition) is 1. The van der Waals surface area contributed by atoms with Crippen LogP contribution in [-0.4, -0.2) is 0 Å². The summed E-state index contributed by atoms with van der Waals surface area (Å²) in [5, 5.41) is 7.92. The monoisotopic (exact) mass is 938 g/mol. The largest absolute Gasteiger partial charge is 0.310 e. The summed E-state index contributed by atoms with van der Waals surface area (Å²) in [4.78, 5) is 2.41. The number of hydrogen-bond donors (Lipinski definition) is 0. The summed E-state index contributed by atoms with van der Waals surface area (Å²) in [6.45, 7) is 20.6. The Labute approximate surface area is 431 Å². The summed E-state index contributed by atoms with van der Waals surface area (Å²) in [5.41, 5.74) is 16.1. The maximum absolute atomic E-state index is 2.48. The third kappa shape index (κ3) is 10.5. The van der Waals surface area contributed by atoms with Gasteiger partial charge in [-0.15, -0.1) is 0 Å². The smallest absolute Gasteiger partial charge is 0.0714 e. The lowest BCUT2D eigenvalue weighted by molar-refractivity contribution is 0.768. The topological polar surface area (TPSA) is 3.24 Å². The molecule has 11 aromatic rings. The first-order valence-electron chi connectivity index (χ1n) is 26.0. The van der Waals surface area contributed by atoms with Crippen LogP contribution in [-0.2, 0) is 5.41 Å². The van der Waals surface area contributed by atoms with Gasteiger partial charge in [-0.05, 0) is 124 Å². The quantitative estimate of drug-likeness (QED) is 0.155. The van der Waals surface area contributed by atoms with Crippen LogP contribution < -0.4 is 4.90 Å². The van der Waals surface area contributed by atoms with Gasteiger partial charge in [-0.2, -0.15) is 0 Å². The van der Waals surface area contributed by atoms with E-state index >= 15 is 0 Å². The predicted octanol–water partition coefficient (Wildman–Crippen LogP) is 20.7. The summed E-state index contributed by atoms with van der Waals surface area (Å²) < 4.78 is 0. The van der Waals surface area contributed by atoms with Crippen LogP contribution in [0.5, 0.6) is 0 Å². The third-order valence-electron chi connectivity index (χ3n) is 13.1. The molecule has 1 heteroatoms. The number of para-hydroxylation sites is 2. The van der Waals surface area contributed by atoms with E-state index in [1.165, 1.54) is 93.6 Å². The summed E-state index contributed by atoms with van der Waals surface area (Å²) >= 11 is 0. The van der Waals surface area contributed by atoms with Gasteiger partial charge in [-0.1, -0.05) is 277 Å². The molecule has 0 amide bonds. The zero-order valence-electron chi connectivity index (χ0n) is 44.1. The van der Waals surface area contributed by atoms with Crippen molar-refractivity contribution < 1.29 is 0 Å². The average molecular weight is 938 g/mol. The van der Waals surface area contributed by atoms with Gasteiger partial charge in [0.25, 0.3) is 0 Å². The standard InChI is InChI=1S/C42H31N.C16H14.C7H8.3C2H6/c1-30-26-27-37-38(28-30)42(31-16-6-2-7-17-31,32-18-8-3-9-19-32)39-29-40(35-24-14-15-25-36(35)41(37)39)43(33-20-10-4-11-21-33)34-22-12-5-13-23-34;1-11-7-8-15-14-6-4-3-5-13(14)10-12(2)16(15)9-11;1-7-5-3-2-4-6-7;3*1-2/h2-29H,1H3;3-10H,1-2H3;2-6H,1H3;3*1-2H3. The van der Waals surface area contributed by atoms with Gasteiger partial charge in [0.05, 0.1) is 11.1 Å². The molecule has 1 aliphatic carbocycles. The Morgan fingerprint density at radius 1 is 0.306 bits per heavy atom. The van der Waals surface area contributed by atoms with Crippen LogP contribution in [0.15, 0.2) is 249 Å². The van der Waals surface area contributed by atoms with Gasteiger partial charge in [0.15, 0.2) is 0 Å². The van der Waals surface area contributed by atoms with E-state index in [1.807, 2.05) is 59.7 Å². The maximum Gasteiger partial charge on any atom is 0.0714 e. The summed E-state index contributed by atoms with van der Waals surface area (Å²) in [6.07, 6.45) is 0. The number of aryl methyl sites for hydroxylation is 4. The highest BCUT2D eigenvalue weighted by Crippen LogP contribution is 2.60. The van der Waals surface area contributed by atoms with Crippen LogP contribution in [0, 0.1) is 27.7 Å². The molecule has 0 spiro atoms. The Kier molecular flexibility index (Phi) is 17.8. The first-order chi connectivity index (χ1) is 35.4. The highest BCUT2D eigenvalue weighted by molar-refractivity contribution is 6.11. The first-order valence-corrected chi connectivity index (χ1v) is 26.0. The van der Waals surface area contributed by atoms with E-state index in [-0.39, 0.29) is 0 Å². The second kappa shape index (κ2) is 24.7. The molecule has 0 atom stereocenters. The fourth-order valence-electron chi connectivity index (χ4n) is 10.1. The molecular weight excluding hydrogens is 867 g/mol. The first kappa shape index (κ1) is 51.8. The summed E-state index contributed by atoms with van der Waals surface area (Å²) in [5.74, 6) is 0. The van der Waals surface area contributed by atoms with E-state index in [1.54, 1.807) is 0 Å². The molecular formula is C71H71N. The Balaban J connectivity index is 0.000000214. The molecule has 0 radical (unpaired) electrons. The number of fused-ring (bicyclic) bond motifs is 8. The Bertz CT molecular complexity index is 3350. The van der Waals surface area contributed by atoms with Crippen LogP contribution in [0.1, 0.15) is 86.1 Å². The van der Waals surface area contributed by atoms with Gasteiger partial charge in [-0.3, -0.25) is 0 Å². The van der Waals surface area contributed by atoms with Crippen molar-refractivity contribution in [3.8, 4) is 11.1 Å². The molecule has 360 valence electrons. The van der Waals surface area contributed by atoms with Crippen LogP contribution in [0.3, 0.4) is 0 Å². The fraction of sp³-hybridized carbons (Fsp3) is 0.155. The molecule has 11 aromatic carbocycles. The lowest BCUT2D eigenvalue weighted by atomic mass is 9.67. The molecule has 0 bridgehead atoms. The van der Waals surface area contributed by atoms with Crippen molar-refractivity contribution in [2.24, 2.45) is 0 Å². The second-order valence-electron chi connectivity index (χ2n) is 17.5. The number of rotatable bonds is 5. The van der Waals surface area contributed by atoms with Crippen LogP contribution in [0.2, 0.25) is 0 Å². The third-order valence-corrected chi connectivity index (χ3v) is 13.1. The Hall–Kier alpha value is -8.00. The number of nitrogens with zero attached hydrogens (tertiary/aromatic N) is 1. The molecule has 72 heavy (non-hydrogen) atoms. The molecule has 0 saturated carbocycles. The number of anilines is 3. The zero-order valence-corrected chi connectivity index (χ0v) is 44.1. The van der Waals surface area contributed by atoms with E-state index in [0.717, 1.165) is 11.4 Å². The molecule has 0 aromatic heterocycles. The molecule has 0 saturated heterocycles. The van der Waals surface area contributed by atoms with Crippen molar-refractivity contribution in [3.05, 3.63) is 293 Å². The molecule has 0 heterocycles. The molecule has 0 unspecified atom stereocenters. The van der Waals surface area contributed by atoms with Crippen molar-refractivity contribution in [3.63, 3.8) is 0 Å². The number of benzene rings is 11. The summed E-state index contributed by atoms with van der Waals surface area (Å²) in [7, 11) is 0. The van der Waals surface area contributed by atoms with Gasteiger partial charge >= 0.3 is 0 Å². The van der Waals surface area contributed by atoms with Crippen molar-refractivity contribution in [1.29, 1.82) is 0 Å². The second-order valence-corrected chi connectivity index (χ2v) is 17.5. The van der Waals surface area contributed by atoms with E-state index < -0.39 is 5.41 Å². The SMILES string of the molecule is CC.CC.CC.Cc1ccc2c(c1)C(c1ccccc1)(c1ccccc1)c1cc(N(c3ccccc3)c3ccccc3)c3ccccc3c1-2.Cc1ccc2c(c1)c(C)cc1ccccc12.Cc1ccccc1. The lowest BCUT2D eigenvalue weighted by Crippen LogP contribution is -2.29. The summed E-state index contributed by atoms with van der Waals surface area (Å²) in [6, 6.07) is 89.9. The van der Waals surface area contributed by atoms with Crippen LogP contribution >= 0.6 is 0 Å². The highest BCUT2D eigenvalue weighted by Gasteiger charge is 2.47. The molecule has 0 N–H and O–H groups in total. The van der Waals surface area contributed by atoms with Gasteiger partial charge in [0.1, 0.15) is 0 Å². The highest BCUT2D eigenvalue weighted by atomic mass is 15.1. The zero-order chi connectivity index (χ0) is 51.0. The average Bonchev–Trinajstić information content (AvgIpc) is 3.74. The fourth-order valence-corrected chi connectivity index (χ4v) is 10.1. The van der Waals surface area contributed by atoms with E-state index in [0.29, 0.717) is 0 Å². The van der Waals surface area contributed by atoms with Gasteiger partial charge < -0.3 is 4.90 Å². The van der Waals surface area contributed by atoms with Gasteiger partial charge in [-0.25, -0.2) is 0 Å². The molecule has 1 nitrogen and oxygen atoms in total. The van der Waals surface area contributed by atoms with E-state index in [4.69, 9.17) is 0 Å². The van der Waals surface area contributed by atoms with Crippen molar-refractivity contribution >= 4 is 49.4 Å².